The lowest BCUT2D eigenvalue weighted by molar-refractivity contribution is -0.148. The molecular weight excluding hydrogens is 356 g/mol. The van der Waals surface area contributed by atoms with E-state index in [0.29, 0.717) is 5.56 Å². The molecule has 1 aromatic rings. The van der Waals surface area contributed by atoms with Crippen molar-refractivity contribution < 1.29 is 14.3 Å². The Morgan fingerprint density at radius 3 is 2.39 bits per heavy atom. The first-order chi connectivity index (χ1) is 11.1. The van der Waals surface area contributed by atoms with E-state index >= 15 is 0 Å². The molecule has 0 unspecified atom stereocenters. The molecule has 0 heterocycles. The van der Waals surface area contributed by atoms with Crippen LogP contribution in [0.1, 0.15) is 62.2 Å². The zero-order valence-electron chi connectivity index (χ0n) is 13.7. The Balaban J connectivity index is 1.73. The number of Topliss-reactive ketones (excluding diaryl/α,β-unsaturated/α-hetero) is 1. The van der Waals surface area contributed by atoms with Crippen LogP contribution in [0, 0.1) is 11.8 Å². The van der Waals surface area contributed by atoms with E-state index in [-0.39, 0.29) is 24.3 Å². The summed E-state index contributed by atoms with van der Waals surface area (Å²) < 4.78 is 6.17. The fraction of sp³-hybridized carbons (Fsp3) is 0.579. The van der Waals surface area contributed by atoms with Gasteiger partial charge in [0.15, 0.2) is 12.4 Å². The first kappa shape index (κ1) is 18.2. The van der Waals surface area contributed by atoms with Gasteiger partial charge in [0, 0.05) is 10.0 Å². The number of esters is 1. The lowest BCUT2D eigenvalue weighted by Crippen LogP contribution is -2.25. The number of hydrogen-bond donors (Lipinski definition) is 0. The lowest BCUT2D eigenvalue weighted by Gasteiger charge is -2.27. The Hall–Kier alpha value is -1.16. The van der Waals surface area contributed by atoms with E-state index in [1.807, 2.05) is 12.1 Å². The van der Waals surface area contributed by atoms with Crippen LogP contribution >= 0.6 is 15.9 Å². The van der Waals surface area contributed by atoms with Gasteiger partial charge in [-0.15, -0.1) is 0 Å². The molecule has 0 spiro atoms. The van der Waals surface area contributed by atoms with E-state index in [9.17, 15) is 9.59 Å². The fourth-order valence-electron chi connectivity index (χ4n) is 3.15. The molecule has 0 saturated heterocycles. The van der Waals surface area contributed by atoms with Crippen molar-refractivity contribution in [3.63, 3.8) is 0 Å². The number of carbonyl (C=O) groups excluding carboxylic acids is 2. The van der Waals surface area contributed by atoms with Crippen LogP contribution in [-0.4, -0.2) is 18.4 Å². The highest BCUT2D eigenvalue weighted by Crippen LogP contribution is 2.32. The minimum atomic E-state index is -0.204. The second-order valence-electron chi connectivity index (χ2n) is 6.40. The number of ether oxygens (including phenoxy) is 1. The summed E-state index contributed by atoms with van der Waals surface area (Å²) in [5.41, 5.74) is 0.573. The minimum Gasteiger partial charge on any atom is -0.457 e. The van der Waals surface area contributed by atoms with Crippen LogP contribution in [0.5, 0.6) is 0 Å². The van der Waals surface area contributed by atoms with E-state index in [1.165, 1.54) is 19.3 Å². The zero-order chi connectivity index (χ0) is 16.7. The van der Waals surface area contributed by atoms with Crippen molar-refractivity contribution in [3.05, 3.63) is 34.3 Å². The predicted octanol–water partition coefficient (Wildman–Crippen LogP) is 5.17. The number of ketones is 1. The number of rotatable bonds is 7. The summed E-state index contributed by atoms with van der Waals surface area (Å²) in [7, 11) is 0. The molecule has 1 fully saturated rings. The molecule has 3 nitrogen and oxygen atoms in total. The second-order valence-corrected chi connectivity index (χ2v) is 7.31. The summed E-state index contributed by atoms with van der Waals surface area (Å²) in [6.45, 7) is 2.06. The normalized spacial score (nSPS) is 21.0. The van der Waals surface area contributed by atoms with Crippen molar-refractivity contribution >= 4 is 27.7 Å². The minimum absolute atomic E-state index is 0.0226. The topological polar surface area (TPSA) is 43.4 Å². The number of halogens is 1. The molecule has 0 aromatic heterocycles. The van der Waals surface area contributed by atoms with Crippen LogP contribution in [0.4, 0.5) is 0 Å². The summed E-state index contributed by atoms with van der Waals surface area (Å²) >= 11 is 3.33. The molecule has 23 heavy (non-hydrogen) atoms. The average molecular weight is 381 g/mol. The van der Waals surface area contributed by atoms with Crippen LogP contribution in [0.25, 0.3) is 0 Å². The SMILES string of the molecule is CCCCC1CCC(C(=O)OCC(=O)c2ccc(Br)cc2)CC1. The van der Waals surface area contributed by atoms with E-state index < -0.39 is 0 Å². The summed E-state index contributed by atoms with van der Waals surface area (Å²) in [6, 6.07) is 7.09. The van der Waals surface area contributed by atoms with Crippen molar-refractivity contribution in [2.24, 2.45) is 11.8 Å². The highest BCUT2D eigenvalue weighted by Gasteiger charge is 2.27. The van der Waals surface area contributed by atoms with Gasteiger partial charge in [-0.1, -0.05) is 54.2 Å². The maximum Gasteiger partial charge on any atom is 0.309 e. The molecule has 1 aliphatic carbocycles. The third-order valence-electron chi connectivity index (χ3n) is 4.66. The average Bonchev–Trinajstić information content (AvgIpc) is 2.58. The molecule has 0 amide bonds. The van der Waals surface area contributed by atoms with Crippen molar-refractivity contribution in [1.29, 1.82) is 0 Å². The second kappa shape index (κ2) is 9.21. The summed E-state index contributed by atoms with van der Waals surface area (Å²) in [5.74, 6) is 0.390. The van der Waals surface area contributed by atoms with Gasteiger partial charge in [-0.3, -0.25) is 9.59 Å². The van der Waals surface area contributed by atoms with E-state index in [0.717, 1.165) is 36.1 Å². The van der Waals surface area contributed by atoms with Gasteiger partial charge < -0.3 is 4.74 Å². The summed E-state index contributed by atoms with van der Waals surface area (Å²) in [6.07, 6.45) is 7.82. The fourth-order valence-corrected chi connectivity index (χ4v) is 3.42. The van der Waals surface area contributed by atoms with Crippen molar-refractivity contribution in [1.82, 2.24) is 0 Å². The molecule has 126 valence electrons. The van der Waals surface area contributed by atoms with Gasteiger partial charge in [0.05, 0.1) is 5.92 Å². The van der Waals surface area contributed by atoms with Crippen LogP contribution in [0.15, 0.2) is 28.7 Å². The zero-order valence-corrected chi connectivity index (χ0v) is 15.3. The highest BCUT2D eigenvalue weighted by atomic mass is 79.9. The van der Waals surface area contributed by atoms with Gasteiger partial charge in [-0.05, 0) is 43.7 Å². The van der Waals surface area contributed by atoms with Crippen molar-refractivity contribution in [3.8, 4) is 0 Å². The molecule has 4 heteroatoms. The van der Waals surface area contributed by atoms with E-state index in [1.54, 1.807) is 12.1 Å². The molecule has 1 saturated carbocycles. The van der Waals surface area contributed by atoms with Crippen LogP contribution in [-0.2, 0) is 9.53 Å². The summed E-state index contributed by atoms with van der Waals surface area (Å²) in [4.78, 5) is 24.1. The highest BCUT2D eigenvalue weighted by molar-refractivity contribution is 9.10. The van der Waals surface area contributed by atoms with Crippen LogP contribution < -0.4 is 0 Å². The standard InChI is InChI=1S/C19H25BrO3/c1-2-3-4-14-5-7-16(8-6-14)19(22)23-13-18(21)15-9-11-17(20)12-10-15/h9-12,14,16H,2-8,13H2,1H3. The van der Waals surface area contributed by atoms with Crippen molar-refractivity contribution in [2.45, 2.75) is 51.9 Å². The largest absolute Gasteiger partial charge is 0.457 e. The molecule has 1 aliphatic rings. The maximum atomic E-state index is 12.1. The van der Waals surface area contributed by atoms with Gasteiger partial charge in [-0.25, -0.2) is 0 Å². The number of unbranched alkanes of at least 4 members (excludes halogenated alkanes) is 1. The Morgan fingerprint density at radius 2 is 1.78 bits per heavy atom. The number of carbonyl (C=O) groups is 2. The number of benzene rings is 1. The summed E-state index contributed by atoms with van der Waals surface area (Å²) in [5, 5.41) is 0. The molecule has 2 rings (SSSR count). The number of hydrogen-bond acceptors (Lipinski definition) is 3. The molecule has 0 aliphatic heterocycles. The Morgan fingerprint density at radius 1 is 1.13 bits per heavy atom. The quantitative estimate of drug-likeness (QED) is 0.483. The first-order valence-corrected chi connectivity index (χ1v) is 9.34. The van der Waals surface area contributed by atoms with Gasteiger partial charge in [0.1, 0.15) is 0 Å². The Kier molecular flexibility index (Phi) is 7.28. The maximum absolute atomic E-state index is 12.1. The first-order valence-electron chi connectivity index (χ1n) is 8.55. The molecule has 0 atom stereocenters. The van der Waals surface area contributed by atoms with Gasteiger partial charge >= 0.3 is 5.97 Å². The smallest absolute Gasteiger partial charge is 0.309 e. The lowest BCUT2D eigenvalue weighted by atomic mass is 9.80. The third-order valence-corrected chi connectivity index (χ3v) is 5.19. The third kappa shape index (κ3) is 5.76. The molecule has 0 radical (unpaired) electrons. The van der Waals surface area contributed by atoms with E-state index in [2.05, 4.69) is 22.9 Å². The predicted molar refractivity (Wildman–Crippen MR) is 94.4 cm³/mol. The van der Waals surface area contributed by atoms with Crippen molar-refractivity contribution in [2.75, 3.05) is 6.61 Å². The van der Waals surface area contributed by atoms with Crippen LogP contribution in [0.3, 0.4) is 0 Å². The van der Waals surface area contributed by atoms with Gasteiger partial charge in [0.25, 0.3) is 0 Å². The van der Waals surface area contributed by atoms with E-state index in [4.69, 9.17) is 4.74 Å². The molecule has 1 aromatic carbocycles. The monoisotopic (exact) mass is 380 g/mol. The van der Waals surface area contributed by atoms with Gasteiger partial charge in [-0.2, -0.15) is 0 Å². The Bertz CT molecular complexity index is 516. The molecule has 0 bridgehead atoms. The Labute approximate surface area is 146 Å². The molecular formula is C19H25BrO3. The molecule has 0 N–H and O–H groups in total. The van der Waals surface area contributed by atoms with Crippen LogP contribution in [0.2, 0.25) is 0 Å². The van der Waals surface area contributed by atoms with Gasteiger partial charge in [0.2, 0.25) is 0 Å².